The Morgan fingerprint density at radius 2 is 1.25 bits per heavy atom. The van der Waals surface area contributed by atoms with Crippen molar-refractivity contribution in [3.63, 3.8) is 0 Å². The van der Waals surface area contributed by atoms with Crippen LogP contribution >= 0.6 is 0 Å². The summed E-state index contributed by atoms with van der Waals surface area (Å²) in [5.74, 6) is 0. The van der Waals surface area contributed by atoms with Gasteiger partial charge in [0.25, 0.3) is 0 Å². The van der Waals surface area contributed by atoms with Crippen LogP contribution in [0.15, 0.2) is 0 Å². The maximum Gasteiger partial charge on any atom is 0.173 e. The van der Waals surface area contributed by atoms with Crippen molar-refractivity contribution in [2.45, 2.75) is 58.2 Å². The Morgan fingerprint density at radius 1 is 0.917 bits per heavy atom. The summed E-state index contributed by atoms with van der Waals surface area (Å²) in [5.41, 5.74) is 2.66. The summed E-state index contributed by atoms with van der Waals surface area (Å²) in [6, 6.07) is 3.64. The normalized spacial score (nSPS) is 11.2. The first kappa shape index (κ1) is 11.7. The lowest BCUT2D eigenvalue weighted by Gasteiger charge is -2.21. The van der Waals surface area contributed by atoms with Gasteiger partial charge in [-0.15, -0.1) is 0 Å². The molecule has 0 amide bonds. The van der Waals surface area contributed by atoms with Crippen LogP contribution in [0, 0.1) is 11.0 Å². The van der Waals surface area contributed by atoms with E-state index in [9.17, 15) is 5.26 Å². The Kier molecular flexibility index (Phi) is 6.10. The lowest BCUT2D eigenvalue weighted by atomic mass is 10.5. The Balaban J connectivity index is 4.19. The Hall–Kier alpha value is -0.293. The lowest BCUT2D eigenvalue weighted by Crippen LogP contribution is -2.31. The van der Waals surface area contributed by atoms with E-state index in [0.717, 1.165) is 0 Å². The van der Waals surface area contributed by atoms with Gasteiger partial charge in [-0.2, -0.15) is 0 Å². The van der Waals surface area contributed by atoms with Crippen LogP contribution in [-0.2, 0) is 0 Å². The average molecular weight is 183 g/mol. The minimum Gasteiger partial charge on any atom is -0.207 e. The molecule has 2 heteroatoms. The van der Waals surface area contributed by atoms with Crippen molar-refractivity contribution >= 4 is 8.07 Å². The maximum absolute atomic E-state index is 9.18. The first-order chi connectivity index (χ1) is 5.74. The highest BCUT2D eigenvalue weighted by molar-refractivity contribution is 6.86. The Bertz CT molecular complexity index is 131. The molecule has 0 saturated heterocycles. The fraction of sp³-hybridized carbons (Fsp3) is 0.900. The van der Waals surface area contributed by atoms with Crippen molar-refractivity contribution in [3.05, 3.63) is 0 Å². The zero-order valence-electron chi connectivity index (χ0n) is 8.69. The molecule has 0 rings (SSSR count). The number of nitriles is 1. The molecular formula is C10H21NSi. The molecule has 0 bridgehead atoms. The predicted octanol–water partition coefficient (Wildman–Crippen LogP) is 3.73. The van der Waals surface area contributed by atoms with Crippen LogP contribution in [0.4, 0.5) is 0 Å². The highest BCUT2D eigenvalue weighted by atomic mass is 28.3. The van der Waals surface area contributed by atoms with Crippen molar-refractivity contribution in [3.8, 4) is 5.69 Å². The van der Waals surface area contributed by atoms with E-state index in [-0.39, 0.29) is 0 Å². The molecule has 0 heterocycles. The summed E-state index contributed by atoms with van der Waals surface area (Å²) in [5, 5.41) is 9.18. The fourth-order valence-electron chi connectivity index (χ4n) is 1.98. The monoisotopic (exact) mass is 183 g/mol. The zero-order chi connectivity index (χ0) is 9.45. The van der Waals surface area contributed by atoms with E-state index in [4.69, 9.17) is 0 Å². The number of rotatable bonds is 6. The summed E-state index contributed by atoms with van der Waals surface area (Å²) in [6.07, 6.45) is 3.58. The molecule has 0 radical (unpaired) electrons. The molecule has 0 aromatic carbocycles. The Morgan fingerprint density at radius 3 is 1.42 bits per heavy atom. The third-order valence-electron chi connectivity index (χ3n) is 2.42. The van der Waals surface area contributed by atoms with E-state index >= 15 is 0 Å². The van der Waals surface area contributed by atoms with Crippen LogP contribution < -0.4 is 0 Å². The summed E-state index contributed by atoms with van der Waals surface area (Å²) in [6.45, 7) is 6.60. The second kappa shape index (κ2) is 6.25. The standard InChI is InChI=1S/C10H21NSi/c1-4-7-12(10-11,8-5-2)9-6-3/h4-9H2,1-3H3. The van der Waals surface area contributed by atoms with Gasteiger partial charge in [0.05, 0.1) is 0 Å². The lowest BCUT2D eigenvalue weighted by molar-refractivity contribution is 0.938. The van der Waals surface area contributed by atoms with Crippen LogP contribution in [-0.4, -0.2) is 8.07 Å². The molecule has 70 valence electrons. The summed E-state index contributed by atoms with van der Waals surface area (Å²) < 4.78 is 0. The molecule has 0 atom stereocenters. The minimum atomic E-state index is -1.46. The molecular weight excluding hydrogens is 162 g/mol. The first-order valence-electron chi connectivity index (χ1n) is 5.16. The van der Waals surface area contributed by atoms with Gasteiger partial charge in [0.15, 0.2) is 8.07 Å². The SMILES string of the molecule is CCC[Si](C#N)(CCC)CCC. The molecule has 12 heavy (non-hydrogen) atoms. The number of nitrogens with zero attached hydrogens (tertiary/aromatic N) is 1. The molecule has 0 aliphatic heterocycles. The van der Waals surface area contributed by atoms with Gasteiger partial charge >= 0.3 is 0 Å². The van der Waals surface area contributed by atoms with Crippen molar-refractivity contribution in [2.24, 2.45) is 0 Å². The second-order valence-electron chi connectivity index (χ2n) is 3.64. The zero-order valence-corrected chi connectivity index (χ0v) is 9.69. The molecule has 0 aliphatic carbocycles. The van der Waals surface area contributed by atoms with E-state index in [2.05, 4.69) is 26.5 Å². The molecule has 1 nitrogen and oxygen atoms in total. The molecule has 0 spiro atoms. The van der Waals surface area contributed by atoms with Crippen LogP contribution in [0.2, 0.25) is 18.1 Å². The van der Waals surface area contributed by atoms with Gasteiger partial charge in [-0.05, 0) is 18.1 Å². The molecule has 0 aromatic rings. The summed E-state index contributed by atoms with van der Waals surface area (Å²) in [7, 11) is -1.46. The fourth-order valence-corrected chi connectivity index (χ4v) is 5.94. The first-order valence-corrected chi connectivity index (χ1v) is 7.78. The molecule has 0 saturated carbocycles. The maximum atomic E-state index is 9.18. The minimum absolute atomic E-state index is 1.19. The van der Waals surface area contributed by atoms with Gasteiger partial charge in [0.2, 0.25) is 0 Å². The van der Waals surface area contributed by atoms with E-state index in [0.29, 0.717) is 0 Å². The third-order valence-corrected chi connectivity index (χ3v) is 7.27. The predicted molar refractivity (Wildman–Crippen MR) is 56.7 cm³/mol. The van der Waals surface area contributed by atoms with E-state index in [1.807, 2.05) is 0 Å². The quantitative estimate of drug-likeness (QED) is 0.576. The van der Waals surface area contributed by atoms with Gasteiger partial charge in [0, 0.05) is 5.69 Å². The largest absolute Gasteiger partial charge is 0.207 e. The smallest absolute Gasteiger partial charge is 0.173 e. The van der Waals surface area contributed by atoms with Crippen LogP contribution in [0.1, 0.15) is 40.0 Å². The number of hydrogen-bond donors (Lipinski definition) is 0. The highest BCUT2D eigenvalue weighted by Crippen LogP contribution is 2.24. The van der Waals surface area contributed by atoms with Gasteiger partial charge in [-0.1, -0.05) is 40.0 Å². The number of hydrogen-bond acceptors (Lipinski definition) is 1. The highest BCUT2D eigenvalue weighted by Gasteiger charge is 2.30. The van der Waals surface area contributed by atoms with Crippen molar-refractivity contribution < 1.29 is 0 Å². The molecule has 0 fully saturated rings. The third kappa shape index (κ3) is 3.40. The van der Waals surface area contributed by atoms with Crippen molar-refractivity contribution in [1.82, 2.24) is 0 Å². The van der Waals surface area contributed by atoms with E-state index in [1.54, 1.807) is 0 Å². The summed E-state index contributed by atoms with van der Waals surface area (Å²) in [4.78, 5) is 0. The van der Waals surface area contributed by atoms with Crippen molar-refractivity contribution in [2.75, 3.05) is 0 Å². The molecule has 0 aliphatic rings. The van der Waals surface area contributed by atoms with E-state index < -0.39 is 8.07 Å². The topological polar surface area (TPSA) is 23.8 Å². The average Bonchev–Trinajstić information content (AvgIpc) is 2.06. The van der Waals surface area contributed by atoms with Gasteiger partial charge in [-0.25, -0.2) is 5.26 Å². The Labute approximate surface area is 77.8 Å². The van der Waals surface area contributed by atoms with Crippen LogP contribution in [0.3, 0.4) is 0 Å². The van der Waals surface area contributed by atoms with Gasteiger partial charge in [-0.3, -0.25) is 0 Å². The van der Waals surface area contributed by atoms with Crippen LogP contribution in [0.5, 0.6) is 0 Å². The molecule has 0 N–H and O–H groups in total. The van der Waals surface area contributed by atoms with Gasteiger partial charge < -0.3 is 0 Å². The molecule has 0 aromatic heterocycles. The second-order valence-corrected chi connectivity index (χ2v) is 7.93. The van der Waals surface area contributed by atoms with Crippen LogP contribution in [0.25, 0.3) is 0 Å². The van der Waals surface area contributed by atoms with E-state index in [1.165, 1.54) is 37.4 Å². The summed E-state index contributed by atoms with van der Waals surface area (Å²) >= 11 is 0. The van der Waals surface area contributed by atoms with Crippen molar-refractivity contribution in [1.29, 1.82) is 5.26 Å². The molecule has 0 unspecified atom stereocenters. The van der Waals surface area contributed by atoms with Gasteiger partial charge in [0.1, 0.15) is 0 Å².